The van der Waals surface area contributed by atoms with Crippen LogP contribution in [-0.4, -0.2) is 97.4 Å². The molecule has 0 saturated carbocycles. The van der Waals surface area contributed by atoms with E-state index in [0.29, 0.717) is 24.0 Å². The van der Waals surface area contributed by atoms with E-state index in [1.807, 2.05) is 45.3 Å². The van der Waals surface area contributed by atoms with Gasteiger partial charge in [-0.05, 0) is 41.0 Å². The van der Waals surface area contributed by atoms with E-state index in [4.69, 9.17) is 15.1 Å². The number of nitrogens with one attached hydrogen (secondary N) is 2. The van der Waals surface area contributed by atoms with Crippen LogP contribution in [0.3, 0.4) is 0 Å². The normalized spacial score (nSPS) is 16.1. The molecule has 12 heteroatoms. The Morgan fingerprint density at radius 2 is 1.92 bits per heavy atom. The van der Waals surface area contributed by atoms with Gasteiger partial charge in [-0.3, -0.25) is 14.4 Å². The predicted molar refractivity (Wildman–Crippen MR) is 147 cm³/mol. The van der Waals surface area contributed by atoms with E-state index in [1.165, 1.54) is 0 Å². The van der Waals surface area contributed by atoms with Gasteiger partial charge in [-0.1, -0.05) is 19.9 Å². The molecule has 4 heterocycles. The van der Waals surface area contributed by atoms with Crippen LogP contribution in [0.15, 0.2) is 35.1 Å². The summed E-state index contributed by atoms with van der Waals surface area (Å²) in [6, 6.07) is 5.37. The molecule has 0 bridgehead atoms. The molecule has 1 amide bonds. The van der Waals surface area contributed by atoms with Gasteiger partial charge in [0.2, 0.25) is 11.9 Å². The molecule has 4 aromatic rings. The van der Waals surface area contributed by atoms with Crippen LogP contribution in [0.25, 0.3) is 27.9 Å². The summed E-state index contributed by atoms with van der Waals surface area (Å²) >= 11 is 3.62. The fourth-order valence-electron chi connectivity index (χ4n) is 4.54. The van der Waals surface area contributed by atoms with Crippen molar-refractivity contribution in [2.45, 2.75) is 19.9 Å². The van der Waals surface area contributed by atoms with Crippen molar-refractivity contribution in [3.05, 3.63) is 35.1 Å². The molecule has 1 atom stereocenters. The van der Waals surface area contributed by atoms with Gasteiger partial charge in [-0.2, -0.15) is 9.61 Å². The number of hydrogen-bond donors (Lipinski definition) is 2. The number of rotatable bonds is 8. The number of aryl methyl sites for hydroxylation is 1. The minimum absolute atomic E-state index is 0.0247. The first-order valence-electron chi connectivity index (χ1n) is 12.6. The molecule has 0 spiro atoms. The number of halogens is 1. The molecular formula is C25H33BrN10O. The first kappa shape index (κ1) is 25.6. The van der Waals surface area contributed by atoms with Crippen LogP contribution < -0.4 is 10.6 Å². The number of hydrogen-bond acceptors (Lipinski definition) is 8. The van der Waals surface area contributed by atoms with Gasteiger partial charge >= 0.3 is 0 Å². The van der Waals surface area contributed by atoms with Gasteiger partial charge in [0.05, 0.1) is 17.3 Å². The summed E-state index contributed by atoms with van der Waals surface area (Å²) in [5, 5.41) is 16.4. The van der Waals surface area contributed by atoms with Crippen molar-refractivity contribution in [1.82, 2.24) is 44.5 Å². The van der Waals surface area contributed by atoms with Gasteiger partial charge in [0.15, 0.2) is 11.5 Å². The number of benzene rings is 1. The Hall–Kier alpha value is -3.09. The van der Waals surface area contributed by atoms with Crippen molar-refractivity contribution in [2.24, 2.45) is 13.0 Å². The summed E-state index contributed by atoms with van der Waals surface area (Å²) in [7, 11) is 4.00. The van der Waals surface area contributed by atoms with E-state index in [1.54, 1.807) is 15.4 Å². The van der Waals surface area contributed by atoms with Crippen molar-refractivity contribution >= 4 is 44.3 Å². The Bertz CT molecular complexity index is 1410. The van der Waals surface area contributed by atoms with Crippen molar-refractivity contribution in [3.8, 4) is 11.4 Å². The maximum Gasteiger partial charge on any atom is 0.242 e. The highest BCUT2D eigenvalue weighted by Crippen LogP contribution is 2.29. The number of fused-ring (bicyclic) bond motifs is 3. The number of carbonyl (C=O) groups excluding carboxylic acids is 1. The highest BCUT2D eigenvalue weighted by Gasteiger charge is 2.25. The van der Waals surface area contributed by atoms with E-state index in [-0.39, 0.29) is 11.8 Å². The number of nitrogens with zero attached hydrogens (tertiary/aromatic N) is 8. The van der Waals surface area contributed by atoms with Gasteiger partial charge in [0, 0.05) is 62.4 Å². The largest absolute Gasteiger partial charge is 0.353 e. The zero-order valence-electron chi connectivity index (χ0n) is 21.6. The van der Waals surface area contributed by atoms with Crippen molar-refractivity contribution in [2.75, 3.05) is 51.6 Å². The molecule has 5 rings (SSSR count). The van der Waals surface area contributed by atoms with Crippen molar-refractivity contribution in [1.29, 1.82) is 0 Å². The zero-order valence-corrected chi connectivity index (χ0v) is 23.2. The van der Waals surface area contributed by atoms with Gasteiger partial charge in [-0.15, -0.1) is 5.10 Å². The van der Waals surface area contributed by atoms with Crippen LogP contribution in [0.4, 0.5) is 5.95 Å². The second-order valence-corrected chi connectivity index (χ2v) is 10.8. The quantitative estimate of drug-likeness (QED) is 0.333. The van der Waals surface area contributed by atoms with Crippen molar-refractivity contribution < 1.29 is 4.79 Å². The van der Waals surface area contributed by atoms with Gasteiger partial charge in [-0.25, -0.2) is 9.97 Å². The SMILES string of the molecule is CC(C)C(Nc1nc2c(Br)cccc2c2nc(-c3cnn(C)c3)nn12)C(=O)NCCN1CCN(C)CC1. The molecule has 37 heavy (non-hydrogen) atoms. The van der Waals surface area contributed by atoms with Gasteiger partial charge < -0.3 is 15.5 Å². The van der Waals surface area contributed by atoms with Crippen LogP contribution >= 0.6 is 15.9 Å². The minimum Gasteiger partial charge on any atom is -0.353 e. The summed E-state index contributed by atoms with van der Waals surface area (Å²) in [4.78, 5) is 27.7. The Labute approximate surface area is 224 Å². The Kier molecular flexibility index (Phi) is 7.40. The molecule has 1 aromatic carbocycles. The monoisotopic (exact) mass is 568 g/mol. The lowest BCUT2D eigenvalue weighted by molar-refractivity contribution is -0.122. The molecule has 11 nitrogen and oxygen atoms in total. The van der Waals surface area contributed by atoms with E-state index in [2.05, 4.69) is 48.5 Å². The molecule has 196 valence electrons. The highest BCUT2D eigenvalue weighted by atomic mass is 79.9. The lowest BCUT2D eigenvalue weighted by atomic mass is 10.0. The Morgan fingerprint density at radius 1 is 1.14 bits per heavy atom. The third kappa shape index (κ3) is 5.46. The Morgan fingerprint density at radius 3 is 2.62 bits per heavy atom. The zero-order chi connectivity index (χ0) is 26.1. The smallest absolute Gasteiger partial charge is 0.242 e. The molecule has 0 radical (unpaired) electrons. The second kappa shape index (κ2) is 10.7. The maximum atomic E-state index is 13.3. The lowest BCUT2D eigenvalue weighted by Gasteiger charge is -2.32. The fraction of sp³-hybridized carbons (Fsp3) is 0.480. The van der Waals surface area contributed by atoms with Gasteiger partial charge in [0.25, 0.3) is 0 Å². The van der Waals surface area contributed by atoms with E-state index in [0.717, 1.165) is 53.7 Å². The first-order valence-corrected chi connectivity index (χ1v) is 13.4. The summed E-state index contributed by atoms with van der Waals surface area (Å²) < 4.78 is 4.25. The number of carbonyl (C=O) groups is 1. The molecule has 2 N–H and O–H groups in total. The average Bonchev–Trinajstić information content (AvgIpc) is 3.51. The second-order valence-electron chi connectivity index (χ2n) is 9.95. The number of aromatic nitrogens is 6. The summed E-state index contributed by atoms with van der Waals surface area (Å²) in [5.41, 5.74) is 2.22. The first-order chi connectivity index (χ1) is 17.8. The molecule has 1 fully saturated rings. The molecule has 3 aromatic heterocycles. The molecule has 1 unspecified atom stereocenters. The standard InChI is InChI=1S/C25H33BrN10O/c1-16(2)20(24(37)27-8-9-35-12-10-33(3)11-13-35)29-25-30-21-18(6-5-7-19(21)26)23-31-22(32-36(23)25)17-14-28-34(4)15-17/h5-7,14-16,20H,8-13H2,1-4H3,(H,27,37)(H,29,30). The van der Waals surface area contributed by atoms with Crippen molar-refractivity contribution in [3.63, 3.8) is 0 Å². The number of para-hydroxylation sites is 1. The van der Waals surface area contributed by atoms with Gasteiger partial charge in [0.1, 0.15) is 6.04 Å². The number of anilines is 1. The molecular weight excluding hydrogens is 536 g/mol. The van der Waals surface area contributed by atoms with Crippen LogP contribution in [0.1, 0.15) is 13.8 Å². The Balaban J connectivity index is 1.42. The van der Waals surface area contributed by atoms with Crippen LogP contribution in [0.5, 0.6) is 0 Å². The number of likely N-dealkylation sites (N-methyl/N-ethyl adjacent to an activating group) is 1. The highest BCUT2D eigenvalue weighted by molar-refractivity contribution is 9.10. The maximum absolute atomic E-state index is 13.3. The number of piperazine rings is 1. The molecule has 1 saturated heterocycles. The summed E-state index contributed by atoms with van der Waals surface area (Å²) in [6.07, 6.45) is 3.61. The minimum atomic E-state index is -0.492. The van der Waals surface area contributed by atoms with E-state index >= 15 is 0 Å². The topological polar surface area (TPSA) is 109 Å². The fourth-order valence-corrected chi connectivity index (χ4v) is 5.00. The summed E-state index contributed by atoms with van der Waals surface area (Å²) in [5.74, 6) is 0.976. The van der Waals surface area contributed by atoms with E-state index in [9.17, 15) is 4.79 Å². The lowest BCUT2D eigenvalue weighted by Crippen LogP contribution is -2.49. The van der Waals surface area contributed by atoms with Crippen LogP contribution in [0.2, 0.25) is 0 Å². The van der Waals surface area contributed by atoms with E-state index < -0.39 is 6.04 Å². The average molecular weight is 570 g/mol. The summed E-state index contributed by atoms with van der Waals surface area (Å²) in [6.45, 7) is 9.66. The predicted octanol–water partition coefficient (Wildman–Crippen LogP) is 2.24. The molecule has 1 aliphatic heterocycles. The molecule has 0 aliphatic carbocycles. The third-order valence-corrected chi connectivity index (χ3v) is 7.41. The third-order valence-electron chi connectivity index (χ3n) is 6.77. The molecule has 1 aliphatic rings. The number of amides is 1. The van der Waals surface area contributed by atoms with Crippen LogP contribution in [-0.2, 0) is 11.8 Å². The van der Waals surface area contributed by atoms with Crippen LogP contribution in [0, 0.1) is 5.92 Å².